The summed E-state index contributed by atoms with van der Waals surface area (Å²) in [5, 5.41) is 28.7. The third-order valence-corrected chi connectivity index (χ3v) is 6.10. The number of carbonyl (C=O) groups is 4. The molecule has 0 spiro atoms. The van der Waals surface area contributed by atoms with E-state index in [0.29, 0.717) is 38.8 Å². The molecule has 0 aromatic carbocycles. The van der Waals surface area contributed by atoms with Gasteiger partial charge in [-0.2, -0.15) is 0 Å². The molecule has 2 amide bonds. The summed E-state index contributed by atoms with van der Waals surface area (Å²) in [4.78, 5) is 44.9. The van der Waals surface area contributed by atoms with Crippen molar-refractivity contribution in [1.29, 1.82) is 0 Å². The second-order valence-corrected chi connectivity index (χ2v) is 9.37. The molecule has 0 radical (unpaired) electrons. The molecule has 0 aromatic rings. The molecule has 10 nitrogen and oxygen atoms in total. The smallest absolute Gasteiger partial charge is 0.320 e. The third kappa shape index (κ3) is 23.5. The van der Waals surface area contributed by atoms with Crippen LogP contribution in [0.15, 0.2) is 0 Å². The molecule has 0 unspecified atom stereocenters. The second kappa shape index (κ2) is 24.5. The Morgan fingerprint density at radius 1 is 0.611 bits per heavy atom. The van der Waals surface area contributed by atoms with E-state index in [9.17, 15) is 19.2 Å². The van der Waals surface area contributed by atoms with Crippen LogP contribution >= 0.6 is 0 Å². The van der Waals surface area contributed by atoms with Gasteiger partial charge in [0.05, 0.1) is 13.1 Å². The predicted molar refractivity (Wildman–Crippen MR) is 141 cm³/mol. The molecular formula is C26H50N4O6. The number of nitrogens with one attached hydrogen (secondary N) is 4. The lowest BCUT2D eigenvalue weighted by Crippen LogP contribution is -2.40. The van der Waals surface area contributed by atoms with Crippen LogP contribution in [0.2, 0.25) is 0 Å². The minimum absolute atomic E-state index is 0.0758. The number of carboxylic acids is 2. The van der Waals surface area contributed by atoms with E-state index >= 15 is 0 Å². The Morgan fingerprint density at radius 3 is 1.44 bits per heavy atom. The molecule has 0 heterocycles. The number of hydrogen-bond donors (Lipinski definition) is 6. The lowest BCUT2D eigenvalue weighted by atomic mass is 10.0. The van der Waals surface area contributed by atoms with E-state index in [0.717, 1.165) is 32.1 Å². The average molecular weight is 515 g/mol. The number of carboxylic acid groups (broad SMARTS) is 2. The molecule has 0 aromatic heterocycles. The zero-order chi connectivity index (χ0) is 26.9. The molecule has 1 atom stereocenters. The minimum atomic E-state index is -0.869. The van der Waals surface area contributed by atoms with Gasteiger partial charge in [0.25, 0.3) is 0 Å². The van der Waals surface area contributed by atoms with Crippen LogP contribution < -0.4 is 21.3 Å². The summed E-state index contributed by atoms with van der Waals surface area (Å²) in [5.41, 5.74) is 0. The van der Waals surface area contributed by atoms with Crippen LogP contribution in [0.4, 0.5) is 0 Å². The molecule has 6 N–H and O–H groups in total. The maximum absolute atomic E-state index is 11.8. The zero-order valence-electron chi connectivity index (χ0n) is 22.2. The van der Waals surface area contributed by atoms with Gasteiger partial charge in [-0.05, 0) is 39.2 Å². The van der Waals surface area contributed by atoms with Crippen molar-refractivity contribution < 1.29 is 29.4 Å². The largest absolute Gasteiger partial charge is 0.481 e. The summed E-state index contributed by atoms with van der Waals surface area (Å²) in [6.45, 7) is 1.32. The van der Waals surface area contributed by atoms with Crippen molar-refractivity contribution in [2.45, 2.75) is 109 Å². The average Bonchev–Trinajstić information content (AvgIpc) is 2.83. The highest BCUT2D eigenvalue weighted by Crippen LogP contribution is 2.12. The number of rotatable bonds is 26. The number of likely N-dealkylation sites (N-methyl/N-ethyl adjacent to an activating group) is 1. The fraction of sp³-hybridized carbons (Fsp3) is 0.846. The Labute approximate surface area is 216 Å². The Kier molecular flexibility index (Phi) is 23.0. The standard InChI is InChI=1S/C26H50N4O6/c1-27-22(26(35)36)16-13-15-19-30-24(32)21-28-20-23(31)29-18-14-11-9-7-5-3-2-4-6-8-10-12-17-25(33)34/h22,27-28H,2-21H2,1H3,(H,29,31)(H,30,32)(H,33,34)(H,35,36)/t22-/m0/s1. The number of aliphatic carboxylic acids is 2. The number of hydrogen-bond acceptors (Lipinski definition) is 6. The van der Waals surface area contributed by atoms with Gasteiger partial charge in [0.2, 0.25) is 11.8 Å². The highest BCUT2D eigenvalue weighted by atomic mass is 16.4. The lowest BCUT2D eigenvalue weighted by Gasteiger charge is -2.11. The van der Waals surface area contributed by atoms with Gasteiger partial charge >= 0.3 is 11.9 Å². The van der Waals surface area contributed by atoms with Crippen molar-refractivity contribution in [2.24, 2.45) is 0 Å². The monoisotopic (exact) mass is 514 g/mol. The van der Waals surface area contributed by atoms with E-state index in [1.807, 2.05) is 0 Å². The Hall–Kier alpha value is -2.20. The molecule has 0 rings (SSSR count). The molecule has 210 valence electrons. The maximum atomic E-state index is 11.8. The lowest BCUT2D eigenvalue weighted by molar-refractivity contribution is -0.139. The van der Waals surface area contributed by atoms with Crippen LogP contribution in [0.5, 0.6) is 0 Å². The molecule has 10 heteroatoms. The normalized spacial score (nSPS) is 11.7. The van der Waals surface area contributed by atoms with Crippen molar-refractivity contribution >= 4 is 23.8 Å². The van der Waals surface area contributed by atoms with Gasteiger partial charge in [-0.1, -0.05) is 64.2 Å². The van der Waals surface area contributed by atoms with E-state index in [1.165, 1.54) is 44.9 Å². The molecule has 0 saturated heterocycles. The van der Waals surface area contributed by atoms with Crippen molar-refractivity contribution in [3.05, 3.63) is 0 Å². The molecule has 0 aliphatic carbocycles. The Balaban J connectivity index is 3.38. The first-order chi connectivity index (χ1) is 17.4. The van der Waals surface area contributed by atoms with Crippen LogP contribution in [0.1, 0.15) is 103 Å². The van der Waals surface area contributed by atoms with Gasteiger partial charge in [0, 0.05) is 19.5 Å². The van der Waals surface area contributed by atoms with Crippen LogP contribution in [-0.2, 0) is 19.2 Å². The summed E-state index contributed by atoms with van der Waals surface area (Å²) in [7, 11) is 1.62. The SMILES string of the molecule is CN[C@@H](CCCCNC(=O)CNCC(=O)NCCCCCCCCCCCCCCC(=O)O)C(=O)O. The first-order valence-corrected chi connectivity index (χ1v) is 13.7. The highest BCUT2D eigenvalue weighted by Gasteiger charge is 2.13. The fourth-order valence-electron chi connectivity index (χ4n) is 3.90. The Morgan fingerprint density at radius 2 is 1.03 bits per heavy atom. The first kappa shape index (κ1) is 33.8. The van der Waals surface area contributed by atoms with E-state index < -0.39 is 18.0 Å². The molecule has 0 bridgehead atoms. The van der Waals surface area contributed by atoms with E-state index in [2.05, 4.69) is 21.3 Å². The van der Waals surface area contributed by atoms with Crippen molar-refractivity contribution in [3.63, 3.8) is 0 Å². The summed E-state index contributed by atoms with van der Waals surface area (Å²) < 4.78 is 0. The summed E-state index contributed by atoms with van der Waals surface area (Å²) in [6, 6.07) is -0.558. The maximum Gasteiger partial charge on any atom is 0.320 e. The molecule has 0 fully saturated rings. The van der Waals surface area contributed by atoms with Crippen LogP contribution in [0.3, 0.4) is 0 Å². The van der Waals surface area contributed by atoms with Gasteiger partial charge < -0.3 is 26.2 Å². The van der Waals surface area contributed by atoms with E-state index in [4.69, 9.17) is 10.2 Å². The van der Waals surface area contributed by atoms with Crippen LogP contribution in [0, 0.1) is 0 Å². The van der Waals surface area contributed by atoms with Crippen molar-refractivity contribution in [2.75, 3.05) is 33.2 Å². The van der Waals surface area contributed by atoms with Crippen molar-refractivity contribution in [1.82, 2.24) is 21.3 Å². The third-order valence-electron chi connectivity index (χ3n) is 6.10. The summed E-state index contributed by atoms with van der Waals surface area (Å²) >= 11 is 0. The second-order valence-electron chi connectivity index (χ2n) is 9.37. The molecule has 0 saturated carbocycles. The Bertz CT molecular complexity index is 603. The van der Waals surface area contributed by atoms with Crippen LogP contribution in [-0.4, -0.2) is 73.2 Å². The quantitative estimate of drug-likeness (QED) is 0.0962. The van der Waals surface area contributed by atoms with Gasteiger partial charge in [0.1, 0.15) is 6.04 Å². The number of amides is 2. The molecule has 36 heavy (non-hydrogen) atoms. The number of unbranched alkanes of at least 4 members (excludes halogenated alkanes) is 12. The van der Waals surface area contributed by atoms with Gasteiger partial charge in [-0.25, -0.2) is 0 Å². The first-order valence-electron chi connectivity index (χ1n) is 13.7. The molecular weight excluding hydrogens is 464 g/mol. The minimum Gasteiger partial charge on any atom is -0.481 e. The fourth-order valence-corrected chi connectivity index (χ4v) is 3.90. The predicted octanol–water partition coefficient (Wildman–Crippen LogP) is 2.81. The summed E-state index contributed by atoms with van der Waals surface area (Å²) in [6.07, 6.45) is 15.8. The molecule has 0 aliphatic rings. The summed E-state index contributed by atoms with van der Waals surface area (Å²) in [5.74, 6) is -1.86. The van der Waals surface area contributed by atoms with Crippen LogP contribution in [0.25, 0.3) is 0 Å². The van der Waals surface area contributed by atoms with Gasteiger partial charge in [0.15, 0.2) is 0 Å². The van der Waals surface area contributed by atoms with E-state index in [1.54, 1.807) is 7.05 Å². The van der Waals surface area contributed by atoms with Crippen molar-refractivity contribution in [3.8, 4) is 0 Å². The van der Waals surface area contributed by atoms with Gasteiger partial charge in [-0.3, -0.25) is 24.5 Å². The topological polar surface area (TPSA) is 157 Å². The zero-order valence-corrected chi connectivity index (χ0v) is 22.2. The van der Waals surface area contributed by atoms with E-state index in [-0.39, 0.29) is 24.9 Å². The molecule has 0 aliphatic heterocycles. The van der Waals surface area contributed by atoms with Gasteiger partial charge in [-0.15, -0.1) is 0 Å². The number of carbonyl (C=O) groups excluding carboxylic acids is 2. The highest BCUT2D eigenvalue weighted by molar-refractivity contribution is 5.81.